The summed E-state index contributed by atoms with van der Waals surface area (Å²) in [7, 11) is 4.66. The highest BCUT2D eigenvalue weighted by molar-refractivity contribution is 7.99. The van der Waals surface area contributed by atoms with Gasteiger partial charge < -0.3 is 19.3 Å². The van der Waals surface area contributed by atoms with Crippen LogP contribution >= 0.6 is 11.8 Å². The molecule has 5 rings (SSSR count). The molecule has 0 radical (unpaired) electrons. The van der Waals surface area contributed by atoms with Crippen LogP contribution < -0.4 is 29.3 Å². The number of thioether (sulfide) groups is 1. The lowest BCUT2D eigenvalue weighted by molar-refractivity contribution is -0.625. The zero-order chi connectivity index (χ0) is 28.8. The number of fused-ring (bicyclic) bond motifs is 1. The molecule has 0 aliphatic rings. The fraction of sp³-hybridized carbons (Fsp3) is 0.133. The molecule has 1 amide bonds. The Labute approximate surface area is 240 Å². The van der Waals surface area contributed by atoms with Crippen LogP contribution in [0.3, 0.4) is 0 Å². The van der Waals surface area contributed by atoms with Crippen molar-refractivity contribution in [2.45, 2.75) is 5.16 Å². The number of amides is 1. The highest BCUT2D eigenvalue weighted by atomic mass is 32.2. The highest BCUT2D eigenvalue weighted by Gasteiger charge is 2.27. The lowest BCUT2D eigenvalue weighted by Crippen LogP contribution is -2.34. The molecule has 2 N–H and O–H groups in total. The number of benzene rings is 4. The van der Waals surface area contributed by atoms with E-state index >= 15 is 0 Å². The smallest absolute Gasteiger partial charge is 0.342 e. The number of carbonyl (C=O) groups excluding carboxylic acids is 1. The van der Waals surface area contributed by atoms with E-state index in [1.54, 1.807) is 27.4 Å². The summed E-state index contributed by atoms with van der Waals surface area (Å²) >= 11 is 1.23. The van der Waals surface area contributed by atoms with Crippen LogP contribution in [0.25, 0.3) is 27.8 Å². The monoisotopic (exact) mass is 569 g/mol. The van der Waals surface area contributed by atoms with Crippen molar-refractivity contribution in [3.63, 3.8) is 0 Å². The van der Waals surface area contributed by atoms with E-state index in [2.05, 4.69) is 20.7 Å². The van der Waals surface area contributed by atoms with E-state index in [0.717, 1.165) is 22.0 Å². The van der Waals surface area contributed by atoms with Crippen molar-refractivity contribution in [3.05, 3.63) is 84.4 Å². The summed E-state index contributed by atoms with van der Waals surface area (Å²) < 4.78 is 18.4. The molecule has 1 heterocycles. The average molecular weight is 570 g/mol. The second kappa shape index (κ2) is 12.4. The molecule has 11 heteroatoms. The van der Waals surface area contributed by atoms with E-state index in [0.29, 0.717) is 33.8 Å². The first kappa shape index (κ1) is 27.5. The third kappa shape index (κ3) is 5.80. The van der Waals surface area contributed by atoms with Gasteiger partial charge in [0.15, 0.2) is 11.5 Å². The Kier molecular flexibility index (Phi) is 8.35. The van der Waals surface area contributed by atoms with Crippen molar-refractivity contribution in [2.24, 2.45) is 5.10 Å². The van der Waals surface area contributed by atoms with Crippen LogP contribution in [0.1, 0.15) is 5.56 Å². The molecule has 0 unspecified atom stereocenters. The van der Waals surface area contributed by atoms with Gasteiger partial charge in [-0.1, -0.05) is 60.3 Å². The van der Waals surface area contributed by atoms with Gasteiger partial charge in [0.2, 0.25) is 5.75 Å². The highest BCUT2D eigenvalue weighted by Crippen LogP contribution is 2.40. The first-order valence-corrected chi connectivity index (χ1v) is 13.5. The number of carbonyl (C=O) groups is 1. The quantitative estimate of drug-likeness (QED) is 0.113. The largest absolute Gasteiger partial charge is 0.872 e. The number of hydrogen-bond acceptors (Lipinski definition) is 8. The zero-order valence-electron chi connectivity index (χ0n) is 22.6. The fourth-order valence-electron chi connectivity index (χ4n) is 4.36. The number of nitrogens with one attached hydrogen (secondary N) is 2. The minimum Gasteiger partial charge on any atom is -0.872 e. The summed E-state index contributed by atoms with van der Waals surface area (Å²) in [6.07, 6.45) is 1.38. The van der Waals surface area contributed by atoms with Crippen LogP contribution in [0.5, 0.6) is 23.0 Å². The van der Waals surface area contributed by atoms with E-state index in [4.69, 9.17) is 14.2 Å². The molecule has 0 aliphatic heterocycles. The van der Waals surface area contributed by atoms with Gasteiger partial charge in [0, 0.05) is 0 Å². The standard InChI is InChI=1S/C30H27N5O5S/c1-38-25-15-20(16-26(39-2)28(25)40-3)29-33-34-30(35(29)21-10-5-4-6-11-21)41-18-27(37)32-31-17-23-22-12-8-7-9-19(22)13-14-24(23)36/h4-17H,18H2,1-3H3,(H2,31,32,36,37). The number of rotatable bonds is 10. The lowest BCUT2D eigenvalue weighted by atomic mass is 10.0. The lowest BCUT2D eigenvalue weighted by Gasteiger charge is -2.13. The van der Waals surface area contributed by atoms with Gasteiger partial charge in [-0.3, -0.25) is 4.79 Å². The Morgan fingerprint density at radius 2 is 1.71 bits per heavy atom. The van der Waals surface area contributed by atoms with Gasteiger partial charge in [0.25, 0.3) is 11.7 Å². The predicted octanol–water partition coefficient (Wildman–Crippen LogP) is 3.85. The number of aromatic nitrogens is 3. The molecule has 41 heavy (non-hydrogen) atoms. The minimum atomic E-state index is -0.351. The Bertz CT molecular complexity index is 1700. The van der Waals surface area contributed by atoms with Crippen LogP contribution in [0.2, 0.25) is 0 Å². The molecule has 10 nitrogen and oxygen atoms in total. The van der Waals surface area contributed by atoms with Gasteiger partial charge in [-0.25, -0.2) is 5.43 Å². The topological polar surface area (TPSA) is 125 Å². The van der Waals surface area contributed by atoms with Crippen LogP contribution in [0, 0.1) is 0 Å². The van der Waals surface area contributed by atoms with Gasteiger partial charge in [0.1, 0.15) is 5.69 Å². The molecule has 208 valence electrons. The van der Waals surface area contributed by atoms with E-state index in [1.807, 2.05) is 71.3 Å². The number of aromatic amines is 1. The van der Waals surface area contributed by atoms with Crippen LogP contribution in [0.15, 0.2) is 89.1 Å². The maximum atomic E-state index is 12.7. The van der Waals surface area contributed by atoms with E-state index in [1.165, 1.54) is 24.0 Å². The molecule has 0 bridgehead atoms. The second-order valence-electron chi connectivity index (χ2n) is 8.72. The number of hydrogen-bond donors (Lipinski definition) is 2. The van der Waals surface area contributed by atoms with Gasteiger partial charge in [-0.15, -0.1) is 5.10 Å². The molecule has 0 fully saturated rings. The summed E-state index contributed by atoms with van der Waals surface area (Å²) in [5.41, 5.74) is 4.50. The average Bonchev–Trinajstić information content (AvgIpc) is 3.44. The molecule has 0 saturated heterocycles. The van der Waals surface area contributed by atoms with Crippen molar-refractivity contribution in [3.8, 4) is 40.1 Å². The summed E-state index contributed by atoms with van der Waals surface area (Å²) in [5, 5.41) is 26.2. The van der Waals surface area contributed by atoms with E-state index in [-0.39, 0.29) is 17.4 Å². The molecule has 0 spiro atoms. The molecule has 5 aromatic rings. The summed E-state index contributed by atoms with van der Waals surface area (Å²) in [5.74, 6) is 1.62. The Hall–Kier alpha value is -5.03. The number of nitrogens with zero attached hydrogens (tertiary/aromatic N) is 3. The van der Waals surface area contributed by atoms with Crippen molar-refractivity contribution < 1.29 is 28.7 Å². The van der Waals surface area contributed by atoms with E-state index in [9.17, 15) is 9.90 Å². The molecule has 1 aromatic heterocycles. The van der Waals surface area contributed by atoms with Crippen molar-refractivity contribution >= 4 is 34.7 Å². The first-order chi connectivity index (χ1) is 20.0. The number of methoxy groups -OCH3 is 3. The van der Waals surface area contributed by atoms with Crippen molar-refractivity contribution in [1.82, 2.24) is 15.6 Å². The number of para-hydroxylation sites is 1. The van der Waals surface area contributed by atoms with Gasteiger partial charge in [-0.2, -0.15) is 9.67 Å². The van der Waals surface area contributed by atoms with Gasteiger partial charge in [0.05, 0.1) is 44.0 Å². The fourth-order valence-corrected chi connectivity index (χ4v) is 5.12. The number of ether oxygens (including phenoxy) is 3. The molecule has 0 atom stereocenters. The SMILES string of the molecule is COc1cc(-c2[nH]nc(SCC(=O)N/N=C/c3c([O-])ccc4ccccc34)[n+]2-c2ccccc2)cc(OC)c1OC. The molecule has 4 aromatic carbocycles. The maximum Gasteiger partial charge on any atom is 0.342 e. The number of hydrazone groups is 1. The molecular weight excluding hydrogens is 542 g/mol. The molecular formula is C30H27N5O5S. The summed E-state index contributed by atoms with van der Waals surface area (Å²) in [6, 6.07) is 24.1. The Balaban J connectivity index is 1.39. The predicted molar refractivity (Wildman–Crippen MR) is 155 cm³/mol. The van der Waals surface area contributed by atoms with Crippen molar-refractivity contribution in [2.75, 3.05) is 27.1 Å². The number of H-pyrrole nitrogens is 1. The first-order valence-electron chi connectivity index (χ1n) is 12.5. The van der Waals surface area contributed by atoms with Crippen LogP contribution in [-0.4, -0.2) is 49.4 Å². The van der Waals surface area contributed by atoms with E-state index < -0.39 is 0 Å². The summed E-state index contributed by atoms with van der Waals surface area (Å²) in [6.45, 7) is 0. The Morgan fingerprint density at radius 3 is 2.41 bits per heavy atom. The third-order valence-electron chi connectivity index (χ3n) is 6.27. The molecule has 0 aliphatic carbocycles. The minimum absolute atomic E-state index is 0.0312. The van der Waals surface area contributed by atoms with Crippen LogP contribution in [-0.2, 0) is 4.79 Å². The normalized spacial score (nSPS) is 11.1. The Morgan fingerprint density at radius 1 is 1.00 bits per heavy atom. The second-order valence-corrected chi connectivity index (χ2v) is 9.66. The van der Waals surface area contributed by atoms with Crippen molar-refractivity contribution in [1.29, 1.82) is 0 Å². The van der Waals surface area contributed by atoms with Crippen LogP contribution in [0.4, 0.5) is 0 Å². The summed E-state index contributed by atoms with van der Waals surface area (Å²) in [4.78, 5) is 12.7. The van der Waals surface area contributed by atoms with Gasteiger partial charge >= 0.3 is 5.16 Å². The maximum absolute atomic E-state index is 12.7. The molecule has 0 saturated carbocycles. The van der Waals surface area contributed by atoms with Gasteiger partial charge in [-0.05, 0) is 52.4 Å². The third-order valence-corrected chi connectivity index (χ3v) is 7.21. The zero-order valence-corrected chi connectivity index (χ0v) is 23.4.